The number of benzene rings is 2. The van der Waals surface area contributed by atoms with E-state index in [-0.39, 0.29) is 5.76 Å². The first-order chi connectivity index (χ1) is 11.7. The summed E-state index contributed by atoms with van der Waals surface area (Å²) >= 11 is 0. The van der Waals surface area contributed by atoms with Crippen LogP contribution in [0.5, 0.6) is 5.75 Å². The number of aromatic nitrogens is 1. The summed E-state index contributed by atoms with van der Waals surface area (Å²) in [5, 5.41) is 0.982. The summed E-state index contributed by atoms with van der Waals surface area (Å²) in [5.74, 6) is 0.689. The molecule has 3 aromatic rings. The van der Waals surface area contributed by atoms with Crippen molar-refractivity contribution in [2.75, 3.05) is 7.11 Å². The number of methoxy groups -OCH3 is 1. The molecule has 0 aliphatic rings. The summed E-state index contributed by atoms with van der Waals surface area (Å²) in [4.78, 5) is 4.46. The number of nitrogens with zero attached hydrogens (tertiary/aromatic N) is 1. The summed E-state index contributed by atoms with van der Waals surface area (Å²) in [6.07, 6.45) is 1.50. The van der Waals surface area contributed by atoms with Gasteiger partial charge in [-0.1, -0.05) is 24.3 Å². The average Bonchev–Trinajstić information content (AvgIpc) is 2.61. The summed E-state index contributed by atoms with van der Waals surface area (Å²) in [5.41, 5.74) is 1.85. The number of halogens is 2. The Morgan fingerprint density at radius 2 is 1.75 bits per heavy atom. The van der Waals surface area contributed by atoms with Crippen LogP contribution in [0.25, 0.3) is 22.7 Å². The largest absolute Gasteiger partial charge is 0.796 e. The molecule has 0 aliphatic heterocycles. The predicted molar refractivity (Wildman–Crippen MR) is 91.7 cm³/mol. The van der Waals surface area contributed by atoms with Gasteiger partial charge in [-0.05, 0) is 36.4 Å². The second-order valence-corrected chi connectivity index (χ2v) is 5.04. The maximum atomic E-state index is 12.8. The molecular formula is C18H14BF2NO2. The number of pyridine rings is 1. The molecule has 0 N–H and O–H groups in total. The second kappa shape index (κ2) is 7.13. The molecule has 0 atom stereocenters. The van der Waals surface area contributed by atoms with Gasteiger partial charge in [-0.3, -0.25) is 0 Å². The highest BCUT2D eigenvalue weighted by Crippen LogP contribution is 2.24. The molecule has 1 aromatic heterocycles. The highest BCUT2D eigenvalue weighted by atomic mass is 19.2. The van der Waals surface area contributed by atoms with Crippen molar-refractivity contribution in [3.63, 3.8) is 0 Å². The van der Waals surface area contributed by atoms with Crippen LogP contribution in [0.1, 0.15) is 11.3 Å². The van der Waals surface area contributed by atoms with E-state index >= 15 is 0 Å². The van der Waals surface area contributed by atoms with Gasteiger partial charge in [0.05, 0.1) is 18.3 Å². The van der Waals surface area contributed by atoms with Gasteiger partial charge in [0.25, 0.3) is 0 Å². The average molecular weight is 325 g/mol. The number of rotatable bonds is 5. The van der Waals surface area contributed by atoms with Crippen molar-refractivity contribution in [2.45, 2.75) is 0 Å². The van der Waals surface area contributed by atoms with Gasteiger partial charge in [0.15, 0.2) is 0 Å². The molecule has 1 heterocycles. The molecule has 0 unspecified atom stereocenters. The molecule has 0 fully saturated rings. The van der Waals surface area contributed by atoms with E-state index in [1.54, 1.807) is 37.4 Å². The summed E-state index contributed by atoms with van der Waals surface area (Å²) in [6.45, 7) is 0. The Morgan fingerprint density at radius 3 is 2.46 bits per heavy atom. The Balaban J connectivity index is 2.00. The molecule has 120 valence electrons. The fourth-order valence-corrected chi connectivity index (χ4v) is 2.33. The van der Waals surface area contributed by atoms with Crippen molar-refractivity contribution in [1.29, 1.82) is 0 Å². The zero-order chi connectivity index (χ0) is 16.9. The van der Waals surface area contributed by atoms with Crippen LogP contribution in [0.2, 0.25) is 0 Å². The fraction of sp³-hybridized carbons (Fsp3) is 0.0556. The molecule has 0 aliphatic carbocycles. The van der Waals surface area contributed by atoms with Crippen molar-refractivity contribution in [3.8, 4) is 5.75 Å². The third kappa shape index (κ3) is 3.71. The van der Waals surface area contributed by atoms with Crippen molar-refractivity contribution >= 4 is 30.2 Å². The van der Waals surface area contributed by atoms with Crippen LogP contribution < -0.4 is 4.74 Å². The highest BCUT2D eigenvalue weighted by Gasteiger charge is 2.20. The summed E-state index contributed by atoms with van der Waals surface area (Å²) in [7, 11) is -1.38. The second-order valence-electron chi connectivity index (χ2n) is 5.04. The summed E-state index contributed by atoms with van der Waals surface area (Å²) < 4.78 is 35.3. The topological polar surface area (TPSA) is 31.4 Å². The zero-order valence-electron chi connectivity index (χ0n) is 12.9. The maximum absolute atomic E-state index is 12.8. The number of para-hydroxylation sites is 1. The van der Waals surface area contributed by atoms with Crippen LogP contribution in [0.3, 0.4) is 0 Å². The van der Waals surface area contributed by atoms with E-state index in [1.165, 1.54) is 6.08 Å². The Kier molecular flexibility index (Phi) is 4.75. The number of ether oxygens (including phenoxy) is 1. The Labute approximate surface area is 138 Å². The molecule has 0 amide bonds. The predicted octanol–water partition coefficient (Wildman–Crippen LogP) is 4.68. The van der Waals surface area contributed by atoms with Crippen molar-refractivity contribution in [1.82, 2.24) is 4.98 Å². The quantitative estimate of drug-likeness (QED) is 0.504. The van der Waals surface area contributed by atoms with Gasteiger partial charge in [-0.15, -0.1) is 0 Å². The van der Waals surface area contributed by atoms with Gasteiger partial charge in [-0.2, -0.15) is 0 Å². The first kappa shape index (κ1) is 16.0. The van der Waals surface area contributed by atoms with Crippen LogP contribution >= 0.6 is 0 Å². The molecular weight excluding hydrogens is 311 g/mol. The van der Waals surface area contributed by atoms with Gasteiger partial charge in [0.2, 0.25) is 0 Å². The minimum atomic E-state index is -2.92. The Bertz CT molecular complexity index is 866. The van der Waals surface area contributed by atoms with E-state index < -0.39 is 7.47 Å². The number of hydrogen-bond acceptors (Lipinski definition) is 3. The van der Waals surface area contributed by atoms with E-state index in [9.17, 15) is 8.63 Å². The van der Waals surface area contributed by atoms with Gasteiger partial charge < -0.3 is 9.39 Å². The van der Waals surface area contributed by atoms with Gasteiger partial charge >= 0.3 is 7.47 Å². The molecule has 2 aromatic carbocycles. The molecule has 0 radical (unpaired) electrons. The third-order valence-corrected chi connectivity index (χ3v) is 3.49. The smallest absolute Gasteiger partial charge is 0.505 e. The molecule has 24 heavy (non-hydrogen) atoms. The van der Waals surface area contributed by atoms with Crippen LogP contribution in [0, 0.1) is 0 Å². The molecule has 3 rings (SSSR count). The van der Waals surface area contributed by atoms with Gasteiger partial charge in [-0.25, -0.2) is 13.6 Å². The van der Waals surface area contributed by atoms with E-state index in [1.807, 2.05) is 30.3 Å². The van der Waals surface area contributed by atoms with E-state index in [2.05, 4.69) is 9.64 Å². The van der Waals surface area contributed by atoms with Gasteiger partial charge in [0.1, 0.15) is 11.5 Å². The van der Waals surface area contributed by atoms with Gasteiger partial charge in [0, 0.05) is 17.0 Å². The molecule has 0 saturated carbocycles. The first-order valence-electron chi connectivity index (χ1n) is 7.32. The van der Waals surface area contributed by atoms with Crippen LogP contribution in [-0.2, 0) is 4.65 Å². The summed E-state index contributed by atoms with van der Waals surface area (Å²) in [6, 6.07) is 18.0. The van der Waals surface area contributed by atoms with Crippen molar-refractivity contribution in [3.05, 3.63) is 71.9 Å². The highest BCUT2D eigenvalue weighted by molar-refractivity contribution is 6.36. The lowest BCUT2D eigenvalue weighted by atomic mass is 10.1. The minimum Gasteiger partial charge on any atom is -0.505 e. The minimum absolute atomic E-state index is 0.0513. The first-order valence-corrected chi connectivity index (χ1v) is 7.32. The van der Waals surface area contributed by atoms with Crippen LogP contribution in [0.4, 0.5) is 8.63 Å². The fourth-order valence-electron chi connectivity index (χ4n) is 2.33. The van der Waals surface area contributed by atoms with Crippen molar-refractivity contribution in [2.24, 2.45) is 0 Å². The molecule has 0 bridgehead atoms. The molecule has 3 nitrogen and oxygen atoms in total. The lowest BCUT2D eigenvalue weighted by molar-refractivity contribution is 0.398. The lowest BCUT2D eigenvalue weighted by Crippen LogP contribution is -2.04. The van der Waals surface area contributed by atoms with E-state index in [4.69, 9.17) is 4.74 Å². The number of hydrogen-bond donors (Lipinski definition) is 0. The molecule has 0 spiro atoms. The third-order valence-electron chi connectivity index (χ3n) is 3.49. The SMILES string of the molecule is COc1ccc(/C(=C\c2ccc3ccccc3n2)OB(F)F)cc1. The van der Waals surface area contributed by atoms with Crippen LogP contribution in [0.15, 0.2) is 60.7 Å². The maximum Gasteiger partial charge on any atom is 0.796 e. The zero-order valence-corrected chi connectivity index (χ0v) is 12.9. The molecule has 0 saturated heterocycles. The monoisotopic (exact) mass is 325 g/mol. The lowest BCUT2D eigenvalue weighted by Gasteiger charge is -2.10. The van der Waals surface area contributed by atoms with Crippen LogP contribution in [-0.4, -0.2) is 19.6 Å². The Morgan fingerprint density at radius 1 is 1.00 bits per heavy atom. The molecule has 6 heteroatoms. The Hall–Kier alpha value is -2.89. The standard InChI is InChI=1S/C18H14BF2NO2/c1-23-16-10-7-14(8-11-16)18(24-19(20)21)12-15-9-6-13-4-2-3-5-17(13)22-15/h2-12H,1H3/b18-12+. The number of fused-ring (bicyclic) bond motifs is 1. The van der Waals surface area contributed by atoms with E-state index in [0.29, 0.717) is 17.0 Å². The van der Waals surface area contributed by atoms with E-state index in [0.717, 1.165) is 10.9 Å². The van der Waals surface area contributed by atoms with Crippen molar-refractivity contribution < 1.29 is 18.0 Å². The normalized spacial score (nSPS) is 11.4.